The number of fused-ring (bicyclic) bond motifs is 1. The monoisotopic (exact) mass is 265 g/mol. The second-order valence-electron chi connectivity index (χ2n) is 4.67. The highest BCUT2D eigenvalue weighted by Crippen LogP contribution is 2.32. The standard InChI is InChI=1S/C14H19NO4/c1-3-11(8-16)14(17)15(2)7-10-4-5-12-13(6-10)19-9-18-12/h4-6,11,16H,3,7-9H2,1-2H3. The van der Waals surface area contributed by atoms with Gasteiger partial charge in [-0.1, -0.05) is 13.0 Å². The largest absolute Gasteiger partial charge is 0.454 e. The van der Waals surface area contributed by atoms with Crippen molar-refractivity contribution in [3.8, 4) is 11.5 Å². The number of aliphatic hydroxyl groups is 1. The molecule has 0 fully saturated rings. The Balaban J connectivity index is 2.02. The Morgan fingerprint density at radius 2 is 2.16 bits per heavy atom. The second-order valence-corrected chi connectivity index (χ2v) is 4.67. The van der Waals surface area contributed by atoms with Crippen LogP contribution in [0.5, 0.6) is 11.5 Å². The molecule has 1 aromatic carbocycles. The number of carbonyl (C=O) groups is 1. The van der Waals surface area contributed by atoms with Gasteiger partial charge in [-0.3, -0.25) is 4.79 Å². The summed E-state index contributed by atoms with van der Waals surface area (Å²) in [7, 11) is 1.74. The Morgan fingerprint density at radius 1 is 1.42 bits per heavy atom. The van der Waals surface area contributed by atoms with Gasteiger partial charge < -0.3 is 19.5 Å². The molecule has 1 aliphatic rings. The van der Waals surface area contributed by atoms with Crippen LogP contribution in [0.2, 0.25) is 0 Å². The molecule has 0 radical (unpaired) electrons. The number of carbonyl (C=O) groups excluding carboxylic acids is 1. The van der Waals surface area contributed by atoms with E-state index in [1.807, 2.05) is 25.1 Å². The fourth-order valence-electron chi connectivity index (χ4n) is 2.08. The molecule has 19 heavy (non-hydrogen) atoms. The highest BCUT2D eigenvalue weighted by molar-refractivity contribution is 5.78. The maximum atomic E-state index is 12.1. The van der Waals surface area contributed by atoms with E-state index in [9.17, 15) is 4.79 Å². The van der Waals surface area contributed by atoms with Gasteiger partial charge in [0, 0.05) is 13.6 Å². The maximum absolute atomic E-state index is 12.1. The zero-order valence-corrected chi connectivity index (χ0v) is 11.3. The Labute approximate surface area is 112 Å². The molecule has 0 saturated carbocycles. The first kappa shape index (κ1) is 13.7. The molecule has 104 valence electrons. The van der Waals surface area contributed by atoms with Crippen molar-refractivity contribution in [1.82, 2.24) is 4.90 Å². The zero-order valence-electron chi connectivity index (χ0n) is 11.3. The summed E-state index contributed by atoms with van der Waals surface area (Å²) < 4.78 is 10.5. The molecule has 5 heteroatoms. The number of rotatable bonds is 5. The highest BCUT2D eigenvalue weighted by atomic mass is 16.7. The van der Waals surface area contributed by atoms with Crippen molar-refractivity contribution in [3.05, 3.63) is 23.8 Å². The van der Waals surface area contributed by atoms with Crippen molar-refractivity contribution < 1.29 is 19.4 Å². The average Bonchev–Trinajstić information content (AvgIpc) is 2.87. The normalized spacial score (nSPS) is 14.3. The van der Waals surface area contributed by atoms with E-state index in [0.29, 0.717) is 18.7 Å². The predicted octanol–water partition coefficient (Wildman–Crippen LogP) is 1.39. The van der Waals surface area contributed by atoms with Gasteiger partial charge in [-0.25, -0.2) is 0 Å². The molecule has 1 unspecified atom stereocenters. The van der Waals surface area contributed by atoms with Crippen molar-refractivity contribution in [2.24, 2.45) is 5.92 Å². The number of nitrogens with zero attached hydrogens (tertiary/aromatic N) is 1. The lowest BCUT2D eigenvalue weighted by Crippen LogP contribution is -2.33. The van der Waals surface area contributed by atoms with Crippen LogP contribution in [-0.2, 0) is 11.3 Å². The van der Waals surface area contributed by atoms with Gasteiger partial charge in [-0.05, 0) is 24.1 Å². The minimum atomic E-state index is -0.320. The molecule has 1 amide bonds. The van der Waals surface area contributed by atoms with E-state index in [0.717, 1.165) is 11.3 Å². The second kappa shape index (κ2) is 5.93. The summed E-state index contributed by atoms with van der Waals surface area (Å²) in [6.07, 6.45) is 0.640. The van der Waals surface area contributed by atoms with Crippen LogP contribution in [-0.4, -0.2) is 36.4 Å². The van der Waals surface area contributed by atoms with Gasteiger partial charge in [0.1, 0.15) is 0 Å². The van der Waals surface area contributed by atoms with E-state index < -0.39 is 0 Å². The Hall–Kier alpha value is -1.75. The molecule has 5 nitrogen and oxygen atoms in total. The van der Waals surface area contributed by atoms with Crippen LogP contribution in [0.1, 0.15) is 18.9 Å². The third-order valence-electron chi connectivity index (χ3n) is 3.30. The van der Waals surface area contributed by atoms with Gasteiger partial charge in [-0.2, -0.15) is 0 Å². The van der Waals surface area contributed by atoms with Crippen LogP contribution in [0.15, 0.2) is 18.2 Å². The van der Waals surface area contributed by atoms with Gasteiger partial charge >= 0.3 is 0 Å². The number of hydrogen-bond donors (Lipinski definition) is 1. The molecule has 0 spiro atoms. The number of hydrogen-bond acceptors (Lipinski definition) is 4. The summed E-state index contributed by atoms with van der Waals surface area (Å²) in [6.45, 7) is 2.52. The number of ether oxygens (including phenoxy) is 2. The SMILES string of the molecule is CCC(CO)C(=O)N(C)Cc1ccc2c(c1)OCO2. The minimum absolute atomic E-state index is 0.0392. The number of benzene rings is 1. The molecule has 0 aromatic heterocycles. The van der Waals surface area contributed by atoms with Gasteiger partial charge in [0.15, 0.2) is 11.5 Å². The van der Waals surface area contributed by atoms with Crippen molar-refractivity contribution in [3.63, 3.8) is 0 Å². The average molecular weight is 265 g/mol. The van der Waals surface area contributed by atoms with E-state index in [2.05, 4.69) is 0 Å². The van der Waals surface area contributed by atoms with Crippen LogP contribution in [0, 0.1) is 5.92 Å². The van der Waals surface area contributed by atoms with Gasteiger partial charge in [-0.15, -0.1) is 0 Å². The lowest BCUT2D eigenvalue weighted by molar-refractivity contribution is -0.136. The van der Waals surface area contributed by atoms with Crippen molar-refractivity contribution >= 4 is 5.91 Å². The van der Waals surface area contributed by atoms with Crippen LogP contribution in [0.25, 0.3) is 0 Å². The summed E-state index contributed by atoms with van der Waals surface area (Å²) in [5.74, 6) is 1.09. The van der Waals surface area contributed by atoms with Crippen LogP contribution < -0.4 is 9.47 Å². The highest BCUT2D eigenvalue weighted by Gasteiger charge is 2.20. The van der Waals surface area contributed by atoms with Gasteiger partial charge in [0.05, 0.1) is 12.5 Å². The van der Waals surface area contributed by atoms with Crippen molar-refractivity contribution in [2.45, 2.75) is 19.9 Å². The van der Waals surface area contributed by atoms with E-state index in [1.54, 1.807) is 11.9 Å². The van der Waals surface area contributed by atoms with Crippen LogP contribution >= 0.6 is 0 Å². The molecule has 1 heterocycles. The first-order valence-electron chi connectivity index (χ1n) is 6.40. The van der Waals surface area contributed by atoms with Crippen molar-refractivity contribution in [2.75, 3.05) is 20.4 Å². The van der Waals surface area contributed by atoms with Crippen LogP contribution in [0.3, 0.4) is 0 Å². The van der Waals surface area contributed by atoms with Crippen LogP contribution in [0.4, 0.5) is 0 Å². The fraction of sp³-hybridized carbons (Fsp3) is 0.500. The molecule has 1 aliphatic heterocycles. The lowest BCUT2D eigenvalue weighted by Gasteiger charge is -2.22. The van der Waals surface area contributed by atoms with E-state index in [4.69, 9.17) is 14.6 Å². The third kappa shape index (κ3) is 2.98. The Bertz CT molecular complexity index is 457. The zero-order chi connectivity index (χ0) is 13.8. The maximum Gasteiger partial charge on any atom is 0.231 e. The molecule has 1 atom stereocenters. The Morgan fingerprint density at radius 3 is 2.84 bits per heavy atom. The van der Waals surface area contributed by atoms with Crippen molar-refractivity contribution in [1.29, 1.82) is 0 Å². The lowest BCUT2D eigenvalue weighted by atomic mass is 10.1. The molecular weight excluding hydrogens is 246 g/mol. The first-order valence-corrected chi connectivity index (χ1v) is 6.40. The summed E-state index contributed by atoms with van der Waals surface area (Å²) in [5, 5.41) is 9.15. The minimum Gasteiger partial charge on any atom is -0.454 e. The fourth-order valence-corrected chi connectivity index (χ4v) is 2.08. The molecule has 1 N–H and O–H groups in total. The molecule has 1 aromatic rings. The number of aliphatic hydroxyl groups excluding tert-OH is 1. The van der Waals surface area contributed by atoms with Gasteiger partial charge in [0.2, 0.25) is 12.7 Å². The molecular formula is C14H19NO4. The van der Waals surface area contributed by atoms with E-state index in [-0.39, 0.29) is 25.2 Å². The summed E-state index contributed by atoms with van der Waals surface area (Å²) in [4.78, 5) is 13.7. The molecule has 2 rings (SSSR count). The van der Waals surface area contributed by atoms with E-state index >= 15 is 0 Å². The Kier molecular flexibility index (Phi) is 4.27. The predicted molar refractivity (Wildman–Crippen MR) is 69.9 cm³/mol. The summed E-state index contributed by atoms with van der Waals surface area (Å²) in [6, 6.07) is 5.64. The smallest absolute Gasteiger partial charge is 0.231 e. The summed E-state index contributed by atoms with van der Waals surface area (Å²) in [5.41, 5.74) is 0.980. The topological polar surface area (TPSA) is 59.0 Å². The number of amides is 1. The first-order chi connectivity index (χ1) is 9.15. The summed E-state index contributed by atoms with van der Waals surface area (Å²) >= 11 is 0. The molecule has 0 aliphatic carbocycles. The van der Waals surface area contributed by atoms with E-state index in [1.165, 1.54) is 0 Å². The molecule has 0 saturated heterocycles. The quantitative estimate of drug-likeness (QED) is 0.874. The van der Waals surface area contributed by atoms with Gasteiger partial charge in [0.25, 0.3) is 0 Å². The third-order valence-corrected chi connectivity index (χ3v) is 3.30. The molecule has 0 bridgehead atoms.